The second-order valence-corrected chi connectivity index (χ2v) is 12.7. The van der Waals surface area contributed by atoms with Gasteiger partial charge in [-0.25, -0.2) is 0 Å². The predicted molar refractivity (Wildman–Crippen MR) is 210 cm³/mol. The predicted octanol–water partition coefficient (Wildman–Crippen LogP) is 7.63. The van der Waals surface area contributed by atoms with E-state index in [4.69, 9.17) is 47.4 Å². The smallest absolute Gasteiger partial charge is 0.127 e. The van der Waals surface area contributed by atoms with E-state index in [0.29, 0.717) is 106 Å². The highest BCUT2D eigenvalue weighted by molar-refractivity contribution is 6.04. The van der Waals surface area contributed by atoms with Gasteiger partial charge in [0.15, 0.2) is 0 Å². The van der Waals surface area contributed by atoms with Crippen molar-refractivity contribution >= 4 is 43.1 Å². The fourth-order valence-electron chi connectivity index (χ4n) is 6.42. The van der Waals surface area contributed by atoms with E-state index in [1.54, 1.807) is 0 Å². The van der Waals surface area contributed by atoms with Crippen LogP contribution in [0.15, 0.2) is 97.1 Å². The second kappa shape index (κ2) is 20.1. The lowest BCUT2D eigenvalue weighted by atomic mass is 10.0. The van der Waals surface area contributed by atoms with Gasteiger partial charge in [-0.3, -0.25) is 0 Å². The summed E-state index contributed by atoms with van der Waals surface area (Å²) in [5.41, 5.74) is 0. The van der Waals surface area contributed by atoms with Crippen molar-refractivity contribution in [2.75, 3.05) is 106 Å². The summed E-state index contributed by atoms with van der Waals surface area (Å²) in [6.07, 6.45) is 0. The van der Waals surface area contributed by atoms with Gasteiger partial charge in [0.05, 0.1) is 79.3 Å². The summed E-state index contributed by atoms with van der Waals surface area (Å²) < 4.78 is 59.1. The summed E-state index contributed by atoms with van der Waals surface area (Å²) in [6.45, 7) is 7.30. The molecule has 0 aromatic heterocycles. The quantitative estimate of drug-likeness (QED) is 0.145. The Kier molecular flexibility index (Phi) is 14.0. The molecule has 7 rings (SSSR count). The summed E-state index contributed by atoms with van der Waals surface area (Å²) in [5.74, 6) is 3.22. The van der Waals surface area contributed by atoms with Crippen molar-refractivity contribution in [3.05, 3.63) is 97.1 Å². The third-order valence-electron chi connectivity index (χ3n) is 9.03. The van der Waals surface area contributed by atoms with Gasteiger partial charge in [-0.2, -0.15) is 0 Å². The summed E-state index contributed by atoms with van der Waals surface area (Å²) in [5, 5.41) is 8.48. The molecule has 1 aliphatic rings. The monoisotopic (exact) mass is 736 g/mol. The topological polar surface area (TPSA) is 92.3 Å². The molecule has 0 spiro atoms. The Morgan fingerprint density at radius 3 is 0.704 bits per heavy atom. The normalized spacial score (nSPS) is 17.3. The molecule has 10 heteroatoms. The number of hydrogen-bond donors (Lipinski definition) is 0. The number of rotatable bonds is 0. The van der Waals surface area contributed by atoms with Gasteiger partial charge in [-0.1, -0.05) is 48.5 Å². The van der Waals surface area contributed by atoms with Crippen LogP contribution in [-0.2, 0) is 28.4 Å². The molecular formula is C44H48O10. The van der Waals surface area contributed by atoms with Crippen molar-refractivity contribution in [2.24, 2.45) is 0 Å². The maximum absolute atomic E-state index is 6.16. The first kappa shape index (κ1) is 37.6. The van der Waals surface area contributed by atoms with Crippen LogP contribution >= 0.6 is 0 Å². The lowest BCUT2D eigenvalue weighted by Gasteiger charge is -2.14. The van der Waals surface area contributed by atoms with Gasteiger partial charge >= 0.3 is 0 Å². The van der Waals surface area contributed by atoms with Crippen LogP contribution in [0.25, 0.3) is 43.1 Å². The van der Waals surface area contributed by atoms with Gasteiger partial charge in [0.2, 0.25) is 0 Å². The van der Waals surface area contributed by atoms with Gasteiger partial charge in [0.25, 0.3) is 0 Å². The lowest BCUT2D eigenvalue weighted by Crippen LogP contribution is -2.14. The van der Waals surface area contributed by atoms with Crippen LogP contribution < -0.4 is 18.9 Å². The van der Waals surface area contributed by atoms with Gasteiger partial charge in [0.1, 0.15) is 49.4 Å². The van der Waals surface area contributed by atoms with Crippen LogP contribution in [0, 0.1) is 0 Å². The minimum Gasteiger partial charge on any atom is -0.491 e. The minimum atomic E-state index is 0.425. The summed E-state index contributed by atoms with van der Waals surface area (Å²) in [7, 11) is 0. The van der Waals surface area contributed by atoms with Crippen LogP contribution in [0.1, 0.15) is 0 Å². The lowest BCUT2D eigenvalue weighted by molar-refractivity contribution is 0.00510. The highest BCUT2D eigenvalue weighted by Crippen LogP contribution is 2.35. The Hall–Kier alpha value is -4.68. The summed E-state index contributed by atoms with van der Waals surface area (Å²) in [4.78, 5) is 0. The number of hydrogen-bond acceptors (Lipinski definition) is 10. The largest absolute Gasteiger partial charge is 0.491 e. The van der Waals surface area contributed by atoms with E-state index in [1.165, 1.54) is 0 Å². The van der Waals surface area contributed by atoms with E-state index in [1.807, 2.05) is 48.5 Å². The van der Waals surface area contributed by atoms with Gasteiger partial charge in [-0.15, -0.1) is 0 Å². The molecule has 0 aliphatic carbocycles. The molecule has 1 heterocycles. The third kappa shape index (κ3) is 10.3. The fraction of sp³-hybridized carbons (Fsp3) is 0.364. The zero-order valence-electron chi connectivity index (χ0n) is 30.6. The van der Waals surface area contributed by atoms with Crippen molar-refractivity contribution in [1.29, 1.82) is 0 Å². The zero-order chi connectivity index (χ0) is 36.6. The summed E-state index contributed by atoms with van der Waals surface area (Å²) >= 11 is 0. The first-order valence-corrected chi connectivity index (χ1v) is 18.7. The molecule has 0 saturated carbocycles. The highest BCUT2D eigenvalue weighted by Gasteiger charge is 2.10. The Morgan fingerprint density at radius 1 is 0.241 bits per heavy atom. The number of benzene rings is 6. The van der Waals surface area contributed by atoms with Crippen molar-refractivity contribution in [1.82, 2.24) is 0 Å². The SMILES string of the molecule is c1cc2c3cc4c(cccc4cc3c1)OCCOCCOCCOCCOc1cccc3cc4cccc(c4cc13)OCCOCCOCCOCCO2. The van der Waals surface area contributed by atoms with Crippen LogP contribution in [0.3, 0.4) is 0 Å². The molecule has 6 aromatic rings. The molecule has 0 unspecified atom stereocenters. The van der Waals surface area contributed by atoms with Gasteiger partial charge in [0, 0.05) is 21.5 Å². The van der Waals surface area contributed by atoms with Crippen LogP contribution in [0.4, 0.5) is 0 Å². The van der Waals surface area contributed by atoms with E-state index in [0.717, 1.165) is 66.1 Å². The Bertz CT molecular complexity index is 1800. The maximum atomic E-state index is 6.16. The summed E-state index contributed by atoms with van der Waals surface area (Å²) in [6, 6.07) is 32.9. The molecule has 0 saturated heterocycles. The second-order valence-electron chi connectivity index (χ2n) is 12.7. The molecule has 0 amide bonds. The molecule has 0 fully saturated rings. The average Bonchev–Trinajstić information content (AvgIpc) is 3.19. The number of ether oxygens (including phenoxy) is 10. The average molecular weight is 737 g/mol. The van der Waals surface area contributed by atoms with Crippen LogP contribution in [-0.4, -0.2) is 106 Å². The molecule has 0 atom stereocenters. The van der Waals surface area contributed by atoms with Crippen molar-refractivity contribution in [2.45, 2.75) is 0 Å². The van der Waals surface area contributed by atoms with Crippen molar-refractivity contribution in [3.63, 3.8) is 0 Å². The molecule has 6 aromatic carbocycles. The van der Waals surface area contributed by atoms with Crippen molar-refractivity contribution in [3.8, 4) is 23.0 Å². The Morgan fingerprint density at radius 2 is 0.463 bits per heavy atom. The van der Waals surface area contributed by atoms with E-state index >= 15 is 0 Å². The van der Waals surface area contributed by atoms with Gasteiger partial charge < -0.3 is 47.4 Å². The molecule has 4 bridgehead atoms. The van der Waals surface area contributed by atoms with Crippen LogP contribution in [0.5, 0.6) is 23.0 Å². The molecule has 1 aliphatic heterocycles. The first-order chi connectivity index (χ1) is 26.8. The highest BCUT2D eigenvalue weighted by atomic mass is 16.6. The molecule has 54 heavy (non-hydrogen) atoms. The minimum absolute atomic E-state index is 0.425. The van der Waals surface area contributed by atoms with E-state index in [-0.39, 0.29) is 0 Å². The van der Waals surface area contributed by atoms with E-state index < -0.39 is 0 Å². The van der Waals surface area contributed by atoms with E-state index in [2.05, 4.69) is 48.5 Å². The molecule has 0 radical (unpaired) electrons. The zero-order valence-corrected chi connectivity index (χ0v) is 30.6. The fourth-order valence-corrected chi connectivity index (χ4v) is 6.42. The first-order valence-electron chi connectivity index (χ1n) is 18.7. The standard InChI is InChI=1S/C44H48O10/c1-5-33-29-34-6-2-10-42-38(34)31-37(33)41(9-1)51-25-21-47-17-13-45-14-18-49-23-27-53-43-11-3-7-35-30-36-8-4-12-44(40(36)32-39(35)43)54-28-24-50-20-16-46-15-19-48-22-26-52-42/h1-12,29-32H,13-28H2. The van der Waals surface area contributed by atoms with E-state index in [9.17, 15) is 0 Å². The van der Waals surface area contributed by atoms with Gasteiger partial charge in [-0.05, 0) is 70.1 Å². The Labute approximate surface area is 315 Å². The maximum Gasteiger partial charge on any atom is 0.127 e. The van der Waals surface area contributed by atoms with Crippen molar-refractivity contribution < 1.29 is 47.4 Å². The third-order valence-corrected chi connectivity index (χ3v) is 9.03. The Balaban J connectivity index is 0.937. The molecule has 0 N–H and O–H groups in total. The molecular weight excluding hydrogens is 688 g/mol. The molecule has 284 valence electrons. The molecule has 10 nitrogen and oxygen atoms in total. The van der Waals surface area contributed by atoms with Crippen LogP contribution in [0.2, 0.25) is 0 Å².